The summed E-state index contributed by atoms with van der Waals surface area (Å²) < 4.78 is 1.06. The third kappa shape index (κ3) is 2.93. The van der Waals surface area contributed by atoms with Crippen LogP contribution in [0.15, 0.2) is 18.2 Å². The van der Waals surface area contributed by atoms with Crippen LogP contribution < -0.4 is 5.32 Å². The minimum absolute atomic E-state index is 0.222. The van der Waals surface area contributed by atoms with E-state index in [1.165, 1.54) is 11.3 Å². The number of aromatic nitrogens is 3. The fourth-order valence-corrected chi connectivity index (χ4v) is 3.47. The molecule has 5 nitrogen and oxygen atoms in total. The molecule has 0 saturated carbocycles. The SMILES string of the molecule is Cc1nc2ccc(NC(=O)c3nnc(C(C)C)s3)cc2s1. The summed E-state index contributed by atoms with van der Waals surface area (Å²) in [6.07, 6.45) is 0. The molecule has 0 aliphatic rings. The van der Waals surface area contributed by atoms with Crippen LogP contribution in [0.2, 0.25) is 0 Å². The first kappa shape index (κ1) is 14.1. The van der Waals surface area contributed by atoms with Gasteiger partial charge in [-0.1, -0.05) is 25.2 Å². The Labute approximate surface area is 130 Å². The predicted octanol–water partition coefficient (Wildman–Crippen LogP) is 3.83. The summed E-state index contributed by atoms with van der Waals surface area (Å²) in [6, 6.07) is 5.69. The van der Waals surface area contributed by atoms with E-state index in [9.17, 15) is 4.79 Å². The average Bonchev–Trinajstić information content (AvgIpc) is 3.03. The van der Waals surface area contributed by atoms with Gasteiger partial charge in [0.2, 0.25) is 5.01 Å². The first-order valence-electron chi connectivity index (χ1n) is 6.55. The monoisotopic (exact) mass is 318 g/mol. The maximum Gasteiger partial charge on any atom is 0.286 e. The van der Waals surface area contributed by atoms with E-state index in [-0.39, 0.29) is 11.8 Å². The van der Waals surface area contributed by atoms with Crippen LogP contribution in [0.5, 0.6) is 0 Å². The molecular formula is C14H14N4OS2. The fraction of sp³-hybridized carbons (Fsp3) is 0.286. The Hall–Kier alpha value is -1.86. The molecule has 0 unspecified atom stereocenters. The first-order valence-corrected chi connectivity index (χ1v) is 8.18. The quantitative estimate of drug-likeness (QED) is 0.797. The number of carbonyl (C=O) groups excluding carboxylic acids is 1. The van der Waals surface area contributed by atoms with E-state index in [2.05, 4.69) is 20.5 Å². The van der Waals surface area contributed by atoms with Gasteiger partial charge in [-0.3, -0.25) is 4.79 Å². The number of anilines is 1. The molecule has 3 aromatic rings. The summed E-state index contributed by atoms with van der Waals surface area (Å²) in [6.45, 7) is 6.03. The standard InChI is InChI=1S/C14H14N4OS2/c1-7(2)13-17-18-14(21-13)12(19)16-9-4-5-10-11(6-9)20-8(3)15-10/h4-7H,1-3H3,(H,16,19). The lowest BCUT2D eigenvalue weighted by Gasteiger charge is -2.02. The van der Waals surface area contributed by atoms with Crippen molar-refractivity contribution in [3.63, 3.8) is 0 Å². The van der Waals surface area contributed by atoms with Gasteiger partial charge in [-0.15, -0.1) is 21.5 Å². The third-order valence-electron chi connectivity index (χ3n) is 2.88. The van der Waals surface area contributed by atoms with E-state index in [4.69, 9.17) is 0 Å². The largest absolute Gasteiger partial charge is 0.320 e. The van der Waals surface area contributed by atoms with E-state index in [1.54, 1.807) is 11.3 Å². The van der Waals surface area contributed by atoms with Crippen LogP contribution in [-0.2, 0) is 0 Å². The van der Waals surface area contributed by atoms with Crippen molar-refractivity contribution in [3.05, 3.63) is 33.2 Å². The number of hydrogen-bond donors (Lipinski definition) is 1. The summed E-state index contributed by atoms with van der Waals surface area (Å²) in [5.74, 6) is 0.0561. The molecule has 1 amide bonds. The summed E-state index contributed by atoms with van der Waals surface area (Å²) in [7, 11) is 0. The molecule has 0 fully saturated rings. The molecule has 1 aromatic carbocycles. The molecule has 0 bridgehead atoms. The zero-order valence-electron chi connectivity index (χ0n) is 11.9. The highest BCUT2D eigenvalue weighted by atomic mass is 32.1. The van der Waals surface area contributed by atoms with Gasteiger partial charge in [0.15, 0.2) is 0 Å². The number of nitrogens with one attached hydrogen (secondary N) is 1. The molecule has 21 heavy (non-hydrogen) atoms. The molecule has 0 aliphatic carbocycles. The molecule has 0 radical (unpaired) electrons. The smallest absolute Gasteiger partial charge is 0.286 e. The van der Waals surface area contributed by atoms with Crippen molar-refractivity contribution in [1.82, 2.24) is 15.2 Å². The maximum absolute atomic E-state index is 12.2. The van der Waals surface area contributed by atoms with Crippen molar-refractivity contribution in [2.75, 3.05) is 5.32 Å². The topological polar surface area (TPSA) is 67.8 Å². The molecule has 1 N–H and O–H groups in total. The summed E-state index contributed by atoms with van der Waals surface area (Å²) in [5, 5.41) is 13.1. The number of thiazole rings is 1. The van der Waals surface area contributed by atoms with Gasteiger partial charge in [0.1, 0.15) is 5.01 Å². The number of carbonyl (C=O) groups is 1. The number of benzene rings is 1. The lowest BCUT2D eigenvalue weighted by molar-refractivity contribution is 0.102. The van der Waals surface area contributed by atoms with Crippen LogP contribution in [0, 0.1) is 6.92 Å². The summed E-state index contributed by atoms with van der Waals surface area (Å²) in [5.41, 5.74) is 1.70. The molecule has 2 heterocycles. The van der Waals surface area contributed by atoms with Crippen LogP contribution in [0.4, 0.5) is 5.69 Å². The number of nitrogens with zero attached hydrogens (tertiary/aromatic N) is 3. The average molecular weight is 318 g/mol. The third-order valence-corrected chi connectivity index (χ3v) is 5.04. The second kappa shape index (κ2) is 5.50. The Morgan fingerprint density at radius 2 is 2.05 bits per heavy atom. The predicted molar refractivity (Wildman–Crippen MR) is 86.3 cm³/mol. The van der Waals surface area contributed by atoms with Crippen molar-refractivity contribution in [2.45, 2.75) is 26.7 Å². The number of rotatable bonds is 3. The van der Waals surface area contributed by atoms with E-state index >= 15 is 0 Å². The lowest BCUT2D eigenvalue weighted by atomic mass is 10.2. The highest BCUT2D eigenvalue weighted by Gasteiger charge is 2.15. The van der Waals surface area contributed by atoms with Crippen LogP contribution in [0.1, 0.15) is 39.6 Å². The number of fused-ring (bicyclic) bond motifs is 1. The molecular weight excluding hydrogens is 304 g/mol. The van der Waals surface area contributed by atoms with E-state index in [1.807, 2.05) is 39.0 Å². The van der Waals surface area contributed by atoms with Gasteiger partial charge in [-0.25, -0.2) is 4.98 Å². The van der Waals surface area contributed by atoms with Gasteiger partial charge in [-0.2, -0.15) is 0 Å². The van der Waals surface area contributed by atoms with Gasteiger partial charge in [0.05, 0.1) is 15.2 Å². The normalized spacial score (nSPS) is 11.2. The van der Waals surface area contributed by atoms with Crippen molar-refractivity contribution in [1.29, 1.82) is 0 Å². The van der Waals surface area contributed by atoms with Gasteiger partial charge in [0, 0.05) is 11.6 Å². The molecule has 108 valence electrons. The van der Waals surface area contributed by atoms with Gasteiger partial charge >= 0.3 is 0 Å². The van der Waals surface area contributed by atoms with Crippen LogP contribution in [0.3, 0.4) is 0 Å². The fourth-order valence-electron chi connectivity index (χ4n) is 1.86. The first-order chi connectivity index (χ1) is 10.0. The van der Waals surface area contributed by atoms with Crippen LogP contribution >= 0.6 is 22.7 Å². The van der Waals surface area contributed by atoms with Crippen molar-refractivity contribution < 1.29 is 4.79 Å². The van der Waals surface area contributed by atoms with Gasteiger partial charge in [-0.05, 0) is 25.1 Å². The molecule has 7 heteroatoms. The van der Waals surface area contributed by atoms with Gasteiger partial charge in [0.25, 0.3) is 5.91 Å². The van der Waals surface area contributed by atoms with Gasteiger partial charge < -0.3 is 5.32 Å². The second-order valence-electron chi connectivity index (χ2n) is 4.97. The second-order valence-corrected chi connectivity index (χ2v) is 7.21. The lowest BCUT2D eigenvalue weighted by Crippen LogP contribution is -2.11. The number of amides is 1. The molecule has 0 atom stereocenters. The zero-order chi connectivity index (χ0) is 15.0. The van der Waals surface area contributed by atoms with Crippen LogP contribution in [-0.4, -0.2) is 21.1 Å². The molecule has 0 spiro atoms. The Kier molecular flexibility index (Phi) is 3.69. The molecule has 0 saturated heterocycles. The van der Waals surface area contributed by atoms with E-state index < -0.39 is 0 Å². The number of hydrogen-bond acceptors (Lipinski definition) is 6. The minimum atomic E-state index is -0.222. The Bertz CT molecular complexity index is 806. The van der Waals surface area contributed by atoms with Crippen molar-refractivity contribution in [2.24, 2.45) is 0 Å². The minimum Gasteiger partial charge on any atom is -0.320 e. The highest BCUT2D eigenvalue weighted by molar-refractivity contribution is 7.18. The van der Waals surface area contributed by atoms with E-state index in [0.29, 0.717) is 5.01 Å². The van der Waals surface area contributed by atoms with Crippen molar-refractivity contribution >= 4 is 44.5 Å². The summed E-state index contributed by atoms with van der Waals surface area (Å²) >= 11 is 2.94. The maximum atomic E-state index is 12.2. The van der Waals surface area contributed by atoms with Crippen LogP contribution in [0.25, 0.3) is 10.2 Å². The van der Waals surface area contributed by atoms with E-state index in [0.717, 1.165) is 25.9 Å². The summed E-state index contributed by atoms with van der Waals surface area (Å²) in [4.78, 5) is 16.6. The van der Waals surface area contributed by atoms with Crippen molar-refractivity contribution in [3.8, 4) is 0 Å². The Morgan fingerprint density at radius 3 is 2.76 bits per heavy atom. The number of aryl methyl sites for hydroxylation is 1. The highest BCUT2D eigenvalue weighted by Crippen LogP contribution is 2.25. The molecule has 0 aliphatic heterocycles. The zero-order valence-corrected chi connectivity index (χ0v) is 13.5. The molecule has 3 rings (SSSR count). The molecule has 2 aromatic heterocycles. The Morgan fingerprint density at radius 1 is 1.24 bits per heavy atom. The Balaban J connectivity index is 1.81.